The summed E-state index contributed by atoms with van der Waals surface area (Å²) in [7, 11) is 0. The summed E-state index contributed by atoms with van der Waals surface area (Å²) in [5.41, 5.74) is 0.513. The second-order valence-electron chi connectivity index (χ2n) is 8.25. The van der Waals surface area contributed by atoms with Crippen molar-refractivity contribution >= 4 is 23.4 Å². The van der Waals surface area contributed by atoms with E-state index >= 15 is 0 Å². The monoisotopic (exact) mass is 466 g/mol. The van der Waals surface area contributed by atoms with Crippen molar-refractivity contribution in [3.63, 3.8) is 0 Å². The molecule has 0 saturated carbocycles. The summed E-state index contributed by atoms with van der Waals surface area (Å²) >= 11 is 6.26. The Kier molecular flexibility index (Phi) is 5.83. The third-order valence-electron chi connectivity index (χ3n) is 6.43. The van der Waals surface area contributed by atoms with Gasteiger partial charge in [0.25, 0.3) is 5.89 Å². The number of carbonyl (C=O) groups is 1. The van der Waals surface area contributed by atoms with Crippen LogP contribution >= 0.6 is 11.6 Å². The largest absolute Gasteiger partial charge is 0.459 e. The van der Waals surface area contributed by atoms with Gasteiger partial charge in [-0.25, -0.2) is 0 Å². The first-order chi connectivity index (χ1) is 16.1. The van der Waals surface area contributed by atoms with Crippen LogP contribution in [0.4, 0.5) is 5.88 Å². The zero-order valence-corrected chi connectivity index (χ0v) is 18.8. The third kappa shape index (κ3) is 3.99. The van der Waals surface area contributed by atoms with Crippen LogP contribution in [0.1, 0.15) is 24.1 Å². The van der Waals surface area contributed by atoms with Crippen LogP contribution in [0.25, 0.3) is 11.7 Å². The van der Waals surface area contributed by atoms with Crippen molar-refractivity contribution in [3.05, 3.63) is 58.9 Å². The molecule has 0 unspecified atom stereocenters. The van der Waals surface area contributed by atoms with Crippen molar-refractivity contribution in [1.82, 2.24) is 9.88 Å². The highest BCUT2D eigenvalue weighted by Gasteiger charge is 2.45. The van der Waals surface area contributed by atoms with E-state index in [9.17, 15) is 10.1 Å². The highest BCUT2D eigenvalue weighted by atomic mass is 35.5. The molecule has 2 saturated heterocycles. The normalized spacial score (nSPS) is 18.2. The molecule has 4 heterocycles. The average Bonchev–Trinajstić information content (AvgIpc) is 3.54. The Bertz CT molecular complexity index is 1170. The number of ether oxygens (including phenoxy) is 1. The van der Waals surface area contributed by atoms with Crippen LogP contribution in [-0.4, -0.2) is 55.2 Å². The number of nitriles is 1. The molecule has 9 heteroatoms. The quantitative estimate of drug-likeness (QED) is 0.576. The summed E-state index contributed by atoms with van der Waals surface area (Å²) in [5.74, 6) is 1.25. The number of hydrogen-bond donors (Lipinski definition) is 0. The Hall–Kier alpha value is -3.28. The van der Waals surface area contributed by atoms with Gasteiger partial charge >= 0.3 is 0 Å². The van der Waals surface area contributed by atoms with E-state index in [2.05, 4.69) is 11.1 Å². The number of furan rings is 1. The van der Waals surface area contributed by atoms with Gasteiger partial charge in [0, 0.05) is 44.4 Å². The number of amides is 1. The van der Waals surface area contributed by atoms with Gasteiger partial charge in [0.1, 0.15) is 6.07 Å². The number of aromatic nitrogens is 1. The van der Waals surface area contributed by atoms with Gasteiger partial charge in [-0.2, -0.15) is 10.2 Å². The van der Waals surface area contributed by atoms with Crippen molar-refractivity contribution in [1.29, 1.82) is 5.26 Å². The molecule has 2 fully saturated rings. The maximum absolute atomic E-state index is 13.8. The predicted octanol–water partition coefficient (Wildman–Crippen LogP) is 3.86. The summed E-state index contributed by atoms with van der Waals surface area (Å²) in [6, 6.07) is 13.2. The van der Waals surface area contributed by atoms with Crippen LogP contribution in [0.2, 0.25) is 5.02 Å². The molecule has 2 aromatic heterocycles. The summed E-state index contributed by atoms with van der Waals surface area (Å²) < 4.78 is 16.8. The van der Waals surface area contributed by atoms with Crippen LogP contribution in [0.5, 0.6) is 0 Å². The van der Waals surface area contributed by atoms with Crippen LogP contribution in [-0.2, 0) is 14.9 Å². The van der Waals surface area contributed by atoms with Crippen molar-refractivity contribution in [2.75, 3.05) is 44.3 Å². The van der Waals surface area contributed by atoms with E-state index in [4.69, 9.17) is 25.2 Å². The maximum Gasteiger partial charge on any atom is 0.266 e. The Morgan fingerprint density at radius 3 is 2.58 bits per heavy atom. The number of anilines is 1. The fraction of sp³-hybridized carbons (Fsp3) is 0.375. The van der Waals surface area contributed by atoms with E-state index < -0.39 is 5.41 Å². The Labute approximate surface area is 196 Å². The van der Waals surface area contributed by atoms with Crippen molar-refractivity contribution in [2.24, 2.45) is 0 Å². The molecule has 170 valence electrons. The molecule has 2 aliphatic heterocycles. The first kappa shape index (κ1) is 21.6. The number of halogens is 1. The molecule has 0 bridgehead atoms. The molecule has 0 spiro atoms. The zero-order valence-electron chi connectivity index (χ0n) is 18.0. The van der Waals surface area contributed by atoms with Crippen molar-refractivity contribution in [3.8, 4) is 17.7 Å². The van der Waals surface area contributed by atoms with E-state index in [-0.39, 0.29) is 17.5 Å². The lowest BCUT2D eigenvalue weighted by molar-refractivity contribution is -0.141. The Morgan fingerprint density at radius 1 is 1.12 bits per heavy atom. The molecule has 1 amide bonds. The molecule has 0 aliphatic carbocycles. The second kappa shape index (κ2) is 8.93. The molecule has 0 radical (unpaired) electrons. The number of piperazine rings is 1. The van der Waals surface area contributed by atoms with E-state index in [1.807, 2.05) is 34.1 Å². The smallest absolute Gasteiger partial charge is 0.266 e. The molecule has 8 nitrogen and oxygen atoms in total. The minimum absolute atomic E-state index is 0.0991. The first-order valence-corrected chi connectivity index (χ1v) is 11.3. The SMILES string of the molecule is N#Cc1nc(-c2ccco2)oc1N1CCN(C(=O)C2(c3cccc(Cl)c3)CCOCC2)CC1. The van der Waals surface area contributed by atoms with Gasteiger partial charge in [0.15, 0.2) is 5.76 Å². The standard InChI is InChI=1S/C24H23ClN4O4/c25-18-4-1-3-17(15-18)24(6-13-31-14-7-24)23(30)29-10-8-28(9-11-29)22-19(16-26)27-21(33-22)20-5-2-12-32-20/h1-5,12,15H,6-11,13-14H2. The fourth-order valence-corrected chi connectivity index (χ4v) is 4.84. The van der Waals surface area contributed by atoms with Crippen LogP contribution in [0, 0.1) is 11.3 Å². The number of benzene rings is 1. The number of hydrogen-bond acceptors (Lipinski definition) is 7. The van der Waals surface area contributed by atoms with E-state index in [0.717, 1.165) is 5.56 Å². The first-order valence-electron chi connectivity index (χ1n) is 10.9. The van der Waals surface area contributed by atoms with Gasteiger partial charge in [-0.15, -0.1) is 0 Å². The average molecular weight is 467 g/mol. The van der Waals surface area contributed by atoms with Gasteiger partial charge in [-0.05, 0) is 42.7 Å². The molecular weight excluding hydrogens is 444 g/mol. The van der Waals surface area contributed by atoms with Gasteiger partial charge in [0.2, 0.25) is 17.5 Å². The Morgan fingerprint density at radius 2 is 1.91 bits per heavy atom. The molecule has 0 atom stereocenters. The topological polar surface area (TPSA) is 95.7 Å². The Balaban J connectivity index is 1.34. The molecule has 5 rings (SSSR count). The minimum atomic E-state index is -0.637. The van der Waals surface area contributed by atoms with Crippen LogP contribution < -0.4 is 4.90 Å². The molecule has 2 aliphatic rings. The number of rotatable bonds is 4. The highest BCUT2D eigenvalue weighted by Crippen LogP contribution is 2.38. The highest BCUT2D eigenvalue weighted by molar-refractivity contribution is 6.30. The maximum atomic E-state index is 13.8. The molecule has 0 N–H and O–H groups in total. The minimum Gasteiger partial charge on any atom is -0.459 e. The van der Waals surface area contributed by atoms with Crippen molar-refractivity contribution < 1.29 is 18.4 Å². The lowest BCUT2D eigenvalue weighted by Crippen LogP contribution is -2.56. The number of carbonyl (C=O) groups excluding carboxylic acids is 1. The molecule has 1 aromatic carbocycles. The predicted molar refractivity (Wildman–Crippen MR) is 121 cm³/mol. The zero-order chi connectivity index (χ0) is 22.8. The van der Waals surface area contributed by atoms with Gasteiger partial charge < -0.3 is 23.4 Å². The molecular formula is C24H23ClN4O4. The van der Waals surface area contributed by atoms with Gasteiger partial charge in [0.05, 0.1) is 11.7 Å². The number of nitrogens with zero attached hydrogens (tertiary/aromatic N) is 4. The lowest BCUT2D eigenvalue weighted by atomic mass is 9.73. The van der Waals surface area contributed by atoms with E-state index in [1.165, 1.54) is 6.26 Å². The summed E-state index contributed by atoms with van der Waals surface area (Å²) in [5, 5.41) is 10.2. The third-order valence-corrected chi connectivity index (χ3v) is 6.67. The summed E-state index contributed by atoms with van der Waals surface area (Å²) in [6.07, 6.45) is 2.78. The van der Waals surface area contributed by atoms with E-state index in [0.29, 0.717) is 68.9 Å². The van der Waals surface area contributed by atoms with Crippen LogP contribution in [0.15, 0.2) is 51.5 Å². The summed E-state index contributed by atoms with van der Waals surface area (Å²) in [6.45, 7) is 3.19. The van der Waals surface area contributed by atoms with Gasteiger partial charge in [-0.3, -0.25) is 4.79 Å². The second-order valence-corrected chi connectivity index (χ2v) is 8.68. The van der Waals surface area contributed by atoms with Crippen LogP contribution in [0.3, 0.4) is 0 Å². The molecule has 33 heavy (non-hydrogen) atoms. The fourth-order valence-electron chi connectivity index (χ4n) is 4.65. The molecule has 3 aromatic rings. The van der Waals surface area contributed by atoms with Crippen molar-refractivity contribution in [2.45, 2.75) is 18.3 Å². The lowest BCUT2D eigenvalue weighted by Gasteiger charge is -2.43. The van der Waals surface area contributed by atoms with E-state index in [1.54, 1.807) is 12.1 Å². The van der Waals surface area contributed by atoms with Gasteiger partial charge in [-0.1, -0.05) is 23.7 Å². The summed E-state index contributed by atoms with van der Waals surface area (Å²) in [4.78, 5) is 21.9. The number of oxazole rings is 1.